The fourth-order valence-electron chi connectivity index (χ4n) is 3.60. The van der Waals surface area contributed by atoms with Gasteiger partial charge in [-0.2, -0.15) is 0 Å². The number of sulfonamides is 1. The second-order valence-electron chi connectivity index (χ2n) is 7.64. The fraction of sp³-hybridized carbons (Fsp3) is 0.0385. The van der Waals surface area contributed by atoms with Crippen LogP contribution in [0.1, 0.15) is 5.56 Å². The molecule has 8 nitrogen and oxygen atoms in total. The fourth-order valence-corrected chi connectivity index (χ4v) is 4.69. The highest BCUT2D eigenvalue weighted by atomic mass is 32.2. The zero-order chi connectivity index (χ0) is 24.8. The molecule has 4 rings (SSSR count). The number of pyridine rings is 2. The molecule has 35 heavy (non-hydrogen) atoms. The van der Waals surface area contributed by atoms with Gasteiger partial charge in [-0.05, 0) is 75.7 Å². The van der Waals surface area contributed by atoms with Gasteiger partial charge in [0.2, 0.25) is 10.0 Å². The molecule has 0 radical (unpaired) electrons. The number of dihydropyridines is 1. The van der Waals surface area contributed by atoms with Gasteiger partial charge in [0.15, 0.2) is 0 Å². The van der Waals surface area contributed by atoms with E-state index in [1.165, 1.54) is 12.2 Å². The third-order valence-corrected chi connectivity index (χ3v) is 6.82. The minimum atomic E-state index is -4.07. The molecule has 1 aliphatic rings. The predicted molar refractivity (Wildman–Crippen MR) is 139 cm³/mol. The first kappa shape index (κ1) is 23.8. The summed E-state index contributed by atoms with van der Waals surface area (Å²) in [5.74, 6) is -0.574. The molecular weight excluding hydrogens is 460 g/mol. The van der Waals surface area contributed by atoms with Crippen molar-refractivity contribution in [1.82, 2.24) is 20.0 Å². The van der Waals surface area contributed by atoms with Crippen molar-refractivity contribution in [1.29, 1.82) is 5.41 Å². The lowest BCUT2D eigenvalue weighted by Gasteiger charge is -2.10. The first-order valence-corrected chi connectivity index (χ1v) is 12.2. The molecule has 0 spiro atoms. The van der Waals surface area contributed by atoms with Crippen LogP contribution in [0.3, 0.4) is 0 Å². The minimum Gasteiger partial charge on any atom is -0.383 e. The van der Waals surface area contributed by atoms with E-state index in [0.717, 1.165) is 27.3 Å². The first-order chi connectivity index (χ1) is 16.9. The number of fused-ring (bicyclic) bond motifs is 1. The molecule has 176 valence electrons. The number of benzene rings is 1. The molecule has 0 bridgehead atoms. The monoisotopic (exact) mass is 484 g/mol. The lowest BCUT2D eigenvalue weighted by molar-refractivity contribution is 0.589. The van der Waals surface area contributed by atoms with Crippen LogP contribution in [0.4, 0.5) is 0 Å². The van der Waals surface area contributed by atoms with Gasteiger partial charge in [0, 0.05) is 42.9 Å². The van der Waals surface area contributed by atoms with E-state index in [4.69, 9.17) is 11.1 Å². The molecule has 0 atom stereocenters. The number of nitrogens with zero attached hydrogens (tertiary/aromatic N) is 2. The Morgan fingerprint density at radius 2 is 1.86 bits per heavy atom. The maximum absolute atomic E-state index is 13.0. The minimum absolute atomic E-state index is 0.0401. The zero-order valence-electron chi connectivity index (χ0n) is 18.8. The highest BCUT2D eigenvalue weighted by Gasteiger charge is 2.20. The van der Waals surface area contributed by atoms with E-state index < -0.39 is 15.9 Å². The normalized spacial score (nSPS) is 14.5. The quantitative estimate of drug-likeness (QED) is 0.298. The lowest BCUT2D eigenvalue weighted by atomic mass is 10.0. The van der Waals surface area contributed by atoms with Crippen LogP contribution in [0, 0.1) is 5.41 Å². The maximum atomic E-state index is 13.0. The van der Waals surface area contributed by atoms with Gasteiger partial charge in [-0.15, -0.1) is 0 Å². The Kier molecular flexibility index (Phi) is 7.00. The van der Waals surface area contributed by atoms with Gasteiger partial charge in [-0.1, -0.05) is 18.7 Å². The van der Waals surface area contributed by atoms with Gasteiger partial charge in [-0.3, -0.25) is 15.4 Å². The predicted octanol–water partition coefficient (Wildman–Crippen LogP) is 1.69. The Balaban J connectivity index is 1.84. The molecule has 3 heterocycles. The third kappa shape index (κ3) is 5.43. The van der Waals surface area contributed by atoms with Gasteiger partial charge in [0.05, 0.1) is 5.52 Å². The zero-order valence-corrected chi connectivity index (χ0v) is 19.6. The Bertz CT molecular complexity index is 1610. The van der Waals surface area contributed by atoms with Crippen molar-refractivity contribution in [2.45, 2.75) is 6.54 Å². The molecule has 0 saturated heterocycles. The van der Waals surface area contributed by atoms with Crippen molar-refractivity contribution in [3.8, 4) is 0 Å². The van der Waals surface area contributed by atoms with E-state index in [-0.39, 0.29) is 11.4 Å². The Labute approximate surface area is 203 Å². The second-order valence-corrected chi connectivity index (χ2v) is 9.38. The second kappa shape index (κ2) is 10.3. The number of allylic oxidation sites excluding steroid dienone is 4. The Morgan fingerprint density at radius 1 is 1.11 bits per heavy atom. The molecule has 9 heteroatoms. The summed E-state index contributed by atoms with van der Waals surface area (Å²) in [6.07, 6.45) is 15.4. The van der Waals surface area contributed by atoms with Gasteiger partial charge in [0.25, 0.3) is 0 Å². The van der Waals surface area contributed by atoms with Gasteiger partial charge in [0.1, 0.15) is 10.7 Å². The molecular formula is C26H24N6O2S. The van der Waals surface area contributed by atoms with E-state index in [1.54, 1.807) is 30.7 Å². The van der Waals surface area contributed by atoms with E-state index >= 15 is 0 Å². The summed E-state index contributed by atoms with van der Waals surface area (Å²) in [7, 11) is -4.07. The molecule has 0 fully saturated rings. The number of hydrogen-bond acceptors (Lipinski definition) is 6. The number of rotatable bonds is 7. The average Bonchev–Trinajstić information content (AvgIpc) is 2.88. The largest absolute Gasteiger partial charge is 0.383 e. The number of nitrogens with one attached hydrogen (secondary N) is 3. The summed E-state index contributed by atoms with van der Waals surface area (Å²) < 4.78 is 28.5. The van der Waals surface area contributed by atoms with E-state index in [2.05, 4.69) is 26.6 Å². The third-order valence-electron chi connectivity index (χ3n) is 5.38. The number of amidine groups is 1. The van der Waals surface area contributed by atoms with Crippen molar-refractivity contribution in [3.05, 3.63) is 119 Å². The van der Waals surface area contributed by atoms with Crippen molar-refractivity contribution in [2.75, 3.05) is 0 Å². The van der Waals surface area contributed by atoms with Crippen LogP contribution in [0.5, 0.6) is 0 Å². The molecule has 3 aromatic rings. The molecule has 0 aliphatic carbocycles. The number of hydrogen-bond donors (Lipinski definition) is 4. The molecule has 0 unspecified atom stereocenters. The summed E-state index contributed by atoms with van der Waals surface area (Å²) in [6, 6.07) is 11.0. The number of aromatic nitrogens is 2. The molecule has 2 aromatic heterocycles. The van der Waals surface area contributed by atoms with Crippen molar-refractivity contribution < 1.29 is 8.42 Å². The first-order valence-electron chi connectivity index (χ1n) is 10.7. The maximum Gasteiger partial charge on any atom is 0.244 e. The van der Waals surface area contributed by atoms with Crippen LogP contribution in [0.2, 0.25) is 0 Å². The van der Waals surface area contributed by atoms with E-state index in [1.807, 2.05) is 48.8 Å². The van der Waals surface area contributed by atoms with Crippen molar-refractivity contribution in [2.24, 2.45) is 5.73 Å². The molecule has 5 N–H and O–H groups in total. The SMILES string of the molecule is C=CC(C=C(C(=N)N)S(=O)(=O)NCc1ccncc1)=c1ccc2nccc(=C3C=CNC=C3)c2c1. The van der Waals surface area contributed by atoms with Crippen LogP contribution < -0.4 is 26.2 Å². The molecule has 0 saturated carbocycles. The Hall–Kier alpha value is -4.34. The molecule has 1 aromatic carbocycles. The summed E-state index contributed by atoms with van der Waals surface area (Å²) in [6.45, 7) is 3.89. The van der Waals surface area contributed by atoms with Gasteiger partial charge < -0.3 is 11.1 Å². The summed E-state index contributed by atoms with van der Waals surface area (Å²) in [5, 5.41) is 13.5. The van der Waals surface area contributed by atoms with Gasteiger partial charge in [-0.25, -0.2) is 13.1 Å². The smallest absolute Gasteiger partial charge is 0.244 e. The standard InChI is InChI=1S/C26H24N6O2S/c1-2-19(16-25(26(27)28)35(33,34)32-17-18-5-10-29-11-6-18)21-3-4-24-23(15-21)22(9-14-31-24)20-7-12-30-13-8-20/h2-16,30,32H,1,17H2,(H3,27,28). The number of nitrogens with two attached hydrogens (primary N) is 1. The van der Waals surface area contributed by atoms with Crippen LogP contribution >= 0.6 is 0 Å². The highest BCUT2D eigenvalue weighted by Crippen LogP contribution is 2.13. The van der Waals surface area contributed by atoms with Crippen LogP contribution in [-0.2, 0) is 16.6 Å². The van der Waals surface area contributed by atoms with Crippen molar-refractivity contribution >= 4 is 37.9 Å². The van der Waals surface area contributed by atoms with E-state index in [0.29, 0.717) is 10.8 Å². The van der Waals surface area contributed by atoms with Crippen molar-refractivity contribution in [3.63, 3.8) is 0 Å². The average molecular weight is 485 g/mol. The van der Waals surface area contributed by atoms with E-state index in [9.17, 15) is 8.42 Å². The summed E-state index contributed by atoms with van der Waals surface area (Å²) >= 11 is 0. The lowest BCUT2D eigenvalue weighted by Crippen LogP contribution is -2.31. The van der Waals surface area contributed by atoms with Crippen LogP contribution in [-0.4, -0.2) is 24.2 Å². The molecule has 1 aliphatic heterocycles. The summed E-state index contributed by atoms with van der Waals surface area (Å²) in [4.78, 5) is 8.03. The summed E-state index contributed by atoms with van der Waals surface area (Å²) in [5.41, 5.74) is 8.73. The highest BCUT2D eigenvalue weighted by molar-refractivity contribution is 7.94. The Morgan fingerprint density at radius 3 is 2.54 bits per heavy atom. The van der Waals surface area contributed by atoms with Gasteiger partial charge >= 0.3 is 0 Å². The van der Waals surface area contributed by atoms with Crippen LogP contribution in [0.25, 0.3) is 22.0 Å². The van der Waals surface area contributed by atoms with Crippen LogP contribution in [0.15, 0.2) is 103 Å². The topological polar surface area (TPSA) is 134 Å². The molecule has 0 amide bonds.